The highest BCUT2D eigenvalue weighted by atomic mass is 79.9. The fraction of sp³-hybridized carbons (Fsp3) is 0.368. The van der Waals surface area contributed by atoms with Gasteiger partial charge in [-0.15, -0.1) is 0 Å². The molecule has 2 aromatic rings. The predicted octanol–water partition coefficient (Wildman–Crippen LogP) is 4.36. The average Bonchev–Trinajstić information content (AvgIpc) is 2.62. The Morgan fingerprint density at radius 2 is 1.77 bits per heavy atom. The van der Waals surface area contributed by atoms with Crippen LogP contribution in [0.5, 0.6) is 5.75 Å². The number of ether oxygens (including phenoxy) is 1. The van der Waals surface area contributed by atoms with Crippen LogP contribution in [-0.2, 0) is 0 Å². The lowest BCUT2D eigenvalue weighted by Gasteiger charge is -2.35. The van der Waals surface area contributed by atoms with Crippen LogP contribution in [0.25, 0.3) is 0 Å². The Balaban J connectivity index is 1.69. The Morgan fingerprint density at radius 3 is 2.38 bits per heavy atom. The zero-order valence-corrected chi connectivity index (χ0v) is 18.0. The van der Waals surface area contributed by atoms with E-state index in [1.807, 2.05) is 49.1 Å². The molecule has 7 heteroatoms. The van der Waals surface area contributed by atoms with E-state index in [9.17, 15) is 4.79 Å². The molecule has 0 saturated carbocycles. The van der Waals surface area contributed by atoms with E-state index in [2.05, 4.69) is 41.7 Å². The third-order valence-electron chi connectivity index (χ3n) is 4.14. The zero-order valence-electron chi connectivity index (χ0n) is 14.8. The Hall–Kier alpha value is -1.60. The van der Waals surface area contributed by atoms with E-state index in [1.54, 1.807) is 6.20 Å². The van der Waals surface area contributed by atoms with E-state index in [0.717, 1.165) is 27.9 Å². The molecule has 0 aliphatic carbocycles. The molecule has 138 valence electrons. The summed E-state index contributed by atoms with van der Waals surface area (Å²) in [4.78, 5) is 21.5. The SMILES string of the molecule is CC(C)Oc1cc(Br)ccc1C(=O)N1CCN(c2ccc(Br)cn2)CC1. The second-order valence-electron chi connectivity index (χ2n) is 6.42. The van der Waals surface area contributed by atoms with Gasteiger partial charge in [-0.1, -0.05) is 15.9 Å². The van der Waals surface area contributed by atoms with Crippen molar-refractivity contribution in [1.82, 2.24) is 9.88 Å². The minimum atomic E-state index is 0.0103. The fourth-order valence-corrected chi connectivity index (χ4v) is 3.46. The van der Waals surface area contributed by atoms with Crippen LogP contribution in [0.3, 0.4) is 0 Å². The lowest BCUT2D eigenvalue weighted by Crippen LogP contribution is -2.49. The first-order chi connectivity index (χ1) is 12.4. The predicted molar refractivity (Wildman–Crippen MR) is 110 cm³/mol. The van der Waals surface area contributed by atoms with Crippen molar-refractivity contribution in [2.45, 2.75) is 20.0 Å². The summed E-state index contributed by atoms with van der Waals surface area (Å²) in [6.45, 7) is 6.76. The number of hydrogen-bond donors (Lipinski definition) is 0. The summed E-state index contributed by atoms with van der Waals surface area (Å²) in [5, 5.41) is 0. The van der Waals surface area contributed by atoms with Gasteiger partial charge in [-0.25, -0.2) is 4.98 Å². The highest BCUT2D eigenvalue weighted by Gasteiger charge is 2.25. The molecule has 1 amide bonds. The largest absolute Gasteiger partial charge is 0.490 e. The van der Waals surface area contributed by atoms with Gasteiger partial charge in [0, 0.05) is 41.3 Å². The van der Waals surface area contributed by atoms with Crippen LogP contribution in [0.1, 0.15) is 24.2 Å². The number of rotatable bonds is 4. The van der Waals surface area contributed by atoms with Crippen molar-refractivity contribution in [2.75, 3.05) is 31.1 Å². The molecule has 0 N–H and O–H groups in total. The van der Waals surface area contributed by atoms with Crippen molar-refractivity contribution < 1.29 is 9.53 Å². The van der Waals surface area contributed by atoms with Gasteiger partial charge < -0.3 is 14.5 Å². The van der Waals surface area contributed by atoms with Crippen LogP contribution in [0, 0.1) is 0 Å². The van der Waals surface area contributed by atoms with Crippen LogP contribution in [-0.4, -0.2) is 48.1 Å². The highest BCUT2D eigenvalue weighted by molar-refractivity contribution is 9.10. The Bertz CT molecular complexity index is 773. The maximum atomic E-state index is 13.0. The second-order valence-corrected chi connectivity index (χ2v) is 8.25. The lowest BCUT2D eigenvalue weighted by atomic mass is 10.1. The molecular weight excluding hydrogens is 462 g/mol. The molecule has 0 radical (unpaired) electrons. The van der Waals surface area contributed by atoms with Gasteiger partial charge in [0.2, 0.25) is 0 Å². The number of carbonyl (C=O) groups excluding carboxylic acids is 1. The monoisotopic (exact) mass is 481 g/mol. The minimum Gasteiger partial charge on any atom is -0.490 e. The van der Waals surface area contributed by atoms with Crippen molar-refractivity contribution in [3.05, 3.63) is 51.0 Å². The van der Waals surface area contributed by atoms with Crippen molar-refractivity contribution in [1.29, 1.82) is 0 Å². The third kappa shape index (κ3) is 4.57. The van der Waals surface area contributed by atoms with E-state index in [1.165, 1.54) is 0 Å². The molecule has 1 aromatic heterocycles. The van der Waals surface area contributed by atoms with Crippen LogP contribution in [0.4, 0.5) is 5.82 Å². The van der Waals surface area contributed by atoms with Crippen molar-refractivity contribution in [3.8, 4) is 5.75 Å². The first kappa shape index (κ1) is 19.2. The van der Waals surface area contributed by atoms with Crippen LogP contribution in [0.15, 0.2) is 45.5 Å². The number of anilines is 1. The van der Waals surface area contributed by atoms with Crippen LogP contribution >= 0.6 is 31.9 Å². The summed E-state index contributed by atoms with van der Waals surface area (Å²) in [6.07, 6.45) is 1.81. The molecule has 2 heterocycles. The number of aromatic nitrogens is 1. The summed E-state index contributed by atoms with van der Waals surface area (Å²) in [5.74, 6) is 1.57. The number of hydrogen-bond acceptors (Lipinski definition) is 4. The summed E-state index contributed by atoms with van der Waals surface area (Å²) in [6, 6.07) is 9.53. The number of amides is 1. The zero-order chi connectivity index (χ0) is 18.7. The molecule has 1 aliphatic rings. The second kappa shape index (κ2) is 8.39. The van der Waals surface area contributed by atoms with E-state index in [-0.39, 0.29) is 12.0 Å². The molecule has 3 rings (SSSR count). The average molecular weight is 483 g/mol. The van der Waals surface area contributed by atoms with E-state index in [4.69, 9.17) is 4.74 Å². The summed E-state index contributed by atoms with van der Waals surface area (Å²) in [5.41, 5.74) is 0.608. The standard InChI is InChI=1S/C19H21Br2N3O2/c1-13(2)26-17-11-14(20)3-5-16(17)19(25)24-9-7-23(8-10-24)18-6-4-15(21)12-22-18/h3-6,11-13H,7-10H2,1-2H3. The summed E-state index contributed by atoms with van der Waals surface area (Å²) in [7, 11) is 0. The third-order valence-corrected chi connectivity index (χ3v) is 5.10. The molecule has 1 saturated heterocycles. The van der Waals surface area contributed by atoms with Gasteiger partial charge in [0.15, 0.2) is 0 Å². The number of halogens is 2. The quantitative estimate of drug-likeness (QED) is 0.649. The Morgan fingerprint density at radius 1 is 1.08 bits per heavy atom. The van der Waals surface area contributed by atoms with Gasteiger partial charge in [-0.2, -0.15) is 0 Å². The van der Waals surface area contributed by atoms with E-state index < -0.39 is 0 Å². The van der Waals surface area contributed by atoms with Gasteiger partial charge >= 0.3 is 0 Å². The normalized spacial score (nSPS) is 14.7. The molecule has 26 heavy (non-hydrogen) atoms. The Labute approximate surface area is 170 Å². The molecule has 0 unspecified atom stereocenters. The van der Waals surface area contributed by atoms with Crippen molar-refractivity contribution in [3.63, 3.8) is 0 Å². The number of benzene rings is 1. The van der Waals surface area contributed by atoms with Gasteiger partial charge in [0.25, 0.3) is 5.91 Å². The van der Waals surface area contributed by atoms with Gasteiger partial charge in [0.1, 0.15) is 11.6 Å². The minimum absolute atomic E-state index is 0.0103. The van der Waals surface area contributed by atoms with Crippen LogP contribution in [0.2, 0.25) is 0 Å². The summed E-state index contributed by atoms with van der Waals surface area (Å²) < 4.78 is 7.70. The maximum absolute atomic E-state index is 13.0. The molecular formula is C19H21Br2N3O2. The number of piperazine rings is 1. The highest BCUT2D eigenvalue weighted by Crippen LogP contribution is 2.27. The van der Waals surface area contributed by atoms with Crippen molar-refractivity contribution in [2.24, 2.45) is 0 Å². The number of nitrogens with zero attached hydrogens (tertiary/aromatic N) is 3. The molecule has 5 nitrogen and oxygen atoms in total. The smallest absolute Gasteiger partial charge is 0.257 e. The van der Waals surface area contributed by atoms with Gasteiger partial charge in [0.05, 0.1) is 11.7 Å². The molecule has 1 aromatic carbocycles. The number of carbonyl (C=O) groups is 1. The van der Waals surface area contributed by atoms with Crippen LogP contribution < -0.4 is 9.64 Å². The van der Waals surface area contributed by atoms with Gasteiger partial charge in [-0.3, -0.25) is 4.79 Å². The summed E-state index contributed by atoms with van der Waals surface area (Å²) >= 11 is 6.85. The Kier molecular flexibility index (Phi) is 6.19. The number of pyridine rings is 1. The lowest BCUT2D eigenvalue weighted by molar-refractivity contribution is 0.0740. The molecule has 0 spiro atoms. The molecule has 1 fully saturated rings. The van der Waals surface area contributed by atoms with Crippen molar-refractivity contribution >= 4 is 43.6 Å². The molecule has 0 bridgehead atoms. The van der Waals surface area contributed by atoms with E-state index in [0.29, 0.717) is 24.4 Å². The van der Waals surface area contributed by atoms with Gasteiger partial charge in [-0.05, 0) is 60.1 Å². The topological polar surface area (TPSA) is 45.7 Å². The van der Waals surface area contributed by atoms with E-state index >= 15 is 0 Å². The molecule has 1 aliphatic heterocycles. The molecule has 0 atom stereocenters. The first-order valence-electron chi connectivity index (χ1n) is 8.56. The first-order valence-corrected chi connectivity index (χ1v) is 10.1. The fourth-order valence-electron chi connectivity index (χ4n) is 2.89. The maximum Gasteiger partial charge on any atom is 0.257 e.